The molecule has 0 radical (unpaired) electrons. The minimum Gasteiger partial charge on any atom is -0.497 e. The predicted molar refractivity (Wildman–Crippen MR) is 97.2 cm³/mol. The highest BCUT2D eigenvalue weighted by Gasteiger charge is 2.06. The van der Waals surface area contributed by atoms with E-state index in [0.717, 1.165) is 5.56 Å². The zero-order valence-corrected chi connectivity index (χ0v) is 14.2. The molecule has 0 aliphatic rings. The number of hydrogen-bond donors (Lipinski definition) is 1. The molecule has 25 heavy (non-hydrogen) atoms. The summed E-state index contributed by atoms with van der Waals surface area (Å²) in [6.07, 6.45) is 1.44. The number of methoxy groups -OCH3 is 1. The van der Waals surface area contributed by atoms with Crippen LogP contribution in [0.3, 0.4) is 0 Å². The first kappa shape index (κ1) is 16.8. The zero-order valence-electron chi connectivity index (χ0n) is 13.4. The molecule has 6 heteroatoms. The Hall–Kier alpha value is -3.05. The first-order valence-electron chi connectivity index (χ1n) is 7.49. The van der Waals surface area contributed by atoms with Gasteiger partial charge in [-0.1, -0.05) is 23.7 Å². The molecule has 2 aromatic carbocycles. The van der Waals surface area contributed by atoms with Gasteiger partial charge in [-0.25, -0.2) is 5.43 Å². The van der Waals surface area contributed by atoms with Crippen molar-refractivity contribution >= 4 is 23.7 Å². The number of carbonyl (C=O) groups is 1. The van der Waals surface area contributed by atoms with Crippen LogP contribution in [0.15, 0.2) is 70.2 Å². The van der Waals surface area contributed by atoms with E-state index in [1.165, 1.54) is 6.21 Å². The van der Waals surface area contributed by atoms with Gasteiger partial charge in [0.2, 0.25) is 0 Å². The minimum absolute atomic E-state index is 0.319. The van der Waals surface area contributed by atoms with Gasteiger partial charge in [-0.15, -0.1) is 0 Å². The Balaban J connectivity index is 1.63. The first-order valence-corrected chi connectivity index (χ1v) is 7.87. The largest absolute Gasteiger partial charge is 0.497 e. The lowest BCUT2D eigenvalue weighted by Gasteiger charge is -2.01. The van der Waals surface area contributed by atoms with Crippen LogP contribution >= 0.6 is 11.6 Å². The van der Waals surface area contributed by atoms with Gasteiger partial charge in [-0.2, -0.15) is 5.10 Å². The van der Waals surface area contributed by atoms with Gasteiger partial charge in [-0.3, -0.25) is 4.79 Å². The number of furan rings is 1. The van der Waals surface area contributed by atoms with Gasteiger partial charge in [0.05, 0.1) is 13.3 Å². The second-order valence-electron chi connectivity index (χ2n) is 5.14. The van der Waals surface area contributed by atoms with Crippen molar-refractivity contribution in [1.82, 2.24) is 5.43 Å². The Labute approximate surface area is 149 Å². The normalized spacial score (nSPS) is 10.8. The van der Waals surface area contributed by atoms with E-state index in [0.29, 0.717) is 27.9 Å². The molecule has 1 N–H and O–H groups in total. The maximum Gasteiger partial charge on any atom is 0.271 e. The van der Waals surface area contributed by atoms with Crippen molar-refractivity contribution in [1.29, 1.82) is 0 Å². The van der Waals surface area contributed by atoms with Crippen LogP contribution < -0.4 is 10.2 Å². The fourth-order valence-electron chi connectivity index (χ4n) is 2.18. The Morgan fingerprint density at radius 1 is 1.16 bits per heavy atom. The van der Waals surface area contributed by atoms with Gasteiger partial charge in [0, 0.05) is 16.1 Å². The Morgan fingerprint density at radius 3 is 2.68 bits per heavy atom. The number of nitrogens with one attached hydrogen (secondary N) is 1. The van der Waals surface area contributed by atoms with Crippen LogP contribution in [0.2, 0.25) is 5.02 Å². The second kappa shape index (κ2) is 7.68. The van der Waals surface area contributed by atoms with E-state index in [9.17, 15) is 4.79 Å². The first-order chi connectivity index (χ1) is 12.2. The lowest BCUT2D eigenvalue weighted by atomic mass is 10.2. The molecule has 3 rings (SSSR count). The summed E-state index contributed by atoms with van der Waals surface area (Å²) in [6, 6.07) is 17.7. The average Bonchev–Trinajstić information content (AvgIpc) is 3.11. The molecule has 126 valence electrons. The molecule has 0 saturated carbocycles. The Kier molecular flexibility index (Phi) is 5.16. The molecular formula is C19H15ClN2O3. The molecule has 1 aromatic heterocycles. The number of nitrogens with zero attached hydrogens (tertiary/aromatic N) is 1. The highest BCUT2D eigenvalue weighted by Crippen LogP contribution is 2.24. The third kappa shape index (κ3) is 4.28. The van der Waals surface area contributed by atoms with Gasteiger partial charge >= 0.3 is 0 Å². The van der Waals surface area contributed by atoms with Crippen molar-refractivity contribution in [3.63, 3.8) is 0 Å². The number of hydrazone groups is 1. The van der Waals surface area contributed by atoms with E-state index in [4.69, 9.17) is 20.8 Å². The highest BCUT2D eigenvalue weighted by molar-refractivity contribution is 6.30. The van der Waals surface area contributed by atoms with Crippen LogP contribution in [0.25, 0.3) is 11.3 Å². The van der Waals surface area contributed by atoms with Crippen LogP contribution in [0, 0.1) is 0 Å². The maximum absolute atomic E-state index is 12.0. The summed E-state index contributed by atoms with van der Waals surface area (Å²) in [5.41, 5.74) is 3.80. The number of ether oxygens (including phenoxy) is 1. The van der Waals surface area contributed by atoms with Crippen molar-refractivity contribution < 1.29 is 13.9 Å². The van der Waals surface area contributed by atoms with Gasteiger partial charge < -0.3 is 9.15 Å². The minimum atomic E-state index is -0.319. The molecule has 0 aliphatic carbocycles. The van der Waals surface area contributed by atoms with Gasteiger partial charge in [0.15, 0.2) is 0 Å². The topological polar surface area (TPSA) is 63.8 Å². The smallest absolute Gasteiger partial charge is 0.271 e. The number of benzene rings is 2. The Bertz CT molecular complexity index is 901. The van der Waals surface area contributed by atoms with Gasteiger partial charge in [0.25, 0.3) is 5.91 Å². The van der Waals surface area contributed by atoms with E-state index in [2.05, 4.69) is 10.5 Å². The standard InChI is InChI=1S/C19H15ClN2O3/c1-24-16-7-5-13(6-8-16)19(23)22-21-12-17-9-10-18(25-17)14-3-2-4-15(20)11-14/h2-12H,1H3,(H,22,23)/b21-12+. The van der Waals surface area contributed by atoms with E-state index < -0.39 is 0 Å². The summed E-state index contributed by atoms with van der Waals surface area (Å²) in [5, 5.41) is 4.54. The fraction of sp³-hybridized carbons (Fsp3) is 0.0526. The summed E-state index contributed by atoms with van der Waals surface area (Å²) in [6.45, 7) is 0. The van der Waals surface area contributed by atoms with Crippen LogP contribution in [0.4, 0.5) is 0 Å². The van der Waals surface area contributed by atoms with E-state index in [-0.39, 0.29) is 5.91 Å². The zero-order chi connectivity index (χ0) is 17.6. The summed E-state index contributed by atoms with van der Waals surface area (Å²) in [5.74, 6) is 1.56. The second-order valence-corrected chi connectivity index (χ2v) is 5.58. The maximum atomic E-state index is 12.0. The number of carbonyl (C=O) groups excluding carboxylic acids is 1. The molecule has 3 aromatic rings. The summed E-state index contributed by atoms with van der Waals surface area (Å²) >= 11 is 5.97. The molecule has 0 aliphatic heterocycles. The molecule has 0 fully saturated rings. The molecule has 1 heterocycles. The predicted octanol–water partition coefficient (Wildman–Crippen LogP) is 4.37. The van der Waals surface area contributed by atoms with Crippen LogP contribution in [0.5, 0.6) is 5.75 Å². The molecule has 0 bridgehead atoms. The third-order valence-electron chi connectivity index (χ3n) is 3.45. The van der Waals surface area contributed by atoms with Crippen molar-refractivity contribution in [2.75, 3.05) is 7.11 Å². The van der Waals surface area contributed by atoms with Gasteiger partial charge in [0.1, 0.15) is 17.3 Å². The summed E-state index contributed by atoms with van der Waals surface area (Å²) < 4.78 is 10.7. The summed E-state index contributed by atoms with van der Waals surface area (Å²) in [4.78, 5) is 12.0. The number of amides is 1. The van der Waals surface area contributed by atoms with Crippen molar-refractivity contribution in [3.8, 4) is 17.1 Å². The van der Waals surface area contributed by atoms with Crippen LogP contribution in [-0.2, 0) is 0 Å². The highest BCUT2D eigenvalue weighted by atomic mass is 35.5. The average molecular weight is 355 g/mol. The van der Waals surface area contributed by atoms with E-state index in [1.807, 2.05) is 24.3 Å². The van der Waals surface area contributed by atoms with Crippen LogP contribution in [-0.4, -0.2) is 19.2 Å². The van der Waals surface area contributed by atoms with Crippen molar-refractivity contribution in [3.05, 3.63) is 77.0 Å². The third-order valence-corrected chi connectivity index (χ3v) is 3.68. The lowest BCUT2D eigenvalue weighted by Crippen LogP contribution is -2.17. The number of rotatable bonds is 5. The Morgan fingerprint density at radius 2 is 1.96 bits per heavy atom. The SMILES string of the molecule is COc1ccc(C(=O)N/N=C/c2ccc(-c3cccc(Cl)c3)o2)cc1. The molecule has 0 saturated heterocycles. The molecule has 1 amide bonds. The van der Waals surface area contributed by atoms with Crippen LogP contribution in [0.1, 0.15) is 16.1 Å². The van der Waals surface area contributed by atoms with Crippen molar-refractivity contribution in [2.24, 2.45) is 5.10 Å². The number of halogens is 1. The van der Waals surface area contributed by atoms with E-state index >= 15 is 0 Å². The monoisotopic (exact) mass is 354 g/mol. The number of hydrogen-bond acceptors (Lipinski definition) is 4. The summed E-state index contributed by atoms with van der Waals surface area (Å²) in [7, 11) is 1.57. The lowest BCUT2D eigenvalue weighted by molar-refractivity contribution is 0.0955. The van der Waals surface area contributed by atoms with E-state index in [1.54, 1.807) is 43.5 Å². The molecular weight excluding hydrogens is 340 g/mol. The molecule has 0 atom stereocenters. The van der Waals surface area contributed by atoms with Gasteiger partial charge in [-0.05, 0) is 48.5 Å². The van der Waals surface area contributed by atoms with Crippen molar-refractivity contribution in [2.45, 2.75) is 0 Å². The molecule has 0 unspecified atom stereocenters. The fourth-order valence-corrected chi connectivity index (χ4v) is 2.37. The quantitative estimate of drug-likeness (QED) is 0.546. The molecule has 5 nitrogen and oxygen atoms in total. The molecule has 0 spiro atoms.